The molecule has 0 aromatic heterocycles. The first kappa shape index (κ1) is 32.5. The van der Waals surface area contributed by atoms with Crippen LogP contribution < -0.4 is 10.2 Å². The van der Waals surface area contributed by atoms with Crippen LogP contribution in [0.4, 0.5) is 9.18 Å². The Labute approximate surface area is 282 Å². The third kappa shape index (κ3) is 6.65. The lowest BCUT2D eigenvalue weighted by Gasteiger charge is -2.50. The number of alkyl halides is 1. The van der Waals surface area contributed by atoms with E-state index in [4.69, 9.17) is 14.9 Å². The van der Waals surface area contributed by atoms with Gasteiger partial charge in [-0.2, -0.15) is 5.01 Å². The minimum Gasteiger partial charge on any atom is -0.457 e. The Morgan fingerprint density at radius 1 is 0.917 bits per heavy atom. The summed E-state index contributed by atoms with van der Waals surface area (Å²) in [5, 5.41) is 10.7. The molecule has 48 heavy (non-hydrogen) atoms. The number of hydrazine groups is 1. The first-order valence-corrected chi connectivity index (χ1v) is 17.1. The maximum atomic E-state index is 16.3. The summed E-state index contributed by atoms with van der Waals surface area (Å²) in [6.07, 6.45) is 2.73. The second kappa shape index (κ2) is 13.1. The average molecular weight is 659 g/mol. The Hall–Kier alpha value is -4.00. The molecule has 0 saturated carbocycles. The molecule has 1 unspecified atom stereocenters. The van der Waals surface area contributed by atoms with Gasteiger partial charge in [-0.15, -0.1) is 0 Å². The number of nitrogens with zero attached hydrogens (tertiary/aromatic N) is 6. The van der Waals surface area contributed by atoms with E-state index in [1.165, 1.54) is 0 Å². The molecule has 0 aliphatic carbocycles. The van der Waals surface area contributed by atoms with Gasteiger partial charge in [-0.05, 0) is 82.0 Å². The monoisotopic (exact) mass is 658 g/mol. The highest BCUT2D eigenvalue weighted by atomic mass is 19.1. The van der Waals surface area contributed by atoms with E-state index in [0.29, 0.717) is 43.9 Å². The molecule has 0 bridgehead atoms. The zero-order valence-electron chi connectivity index (χ0n) is 28.3. The van der Waals surface area contributed by atoms with Crippen molar-refractivity contribution in [3.05, 3.63) is 65.7 Å². The molecule has 256 valence electrons. The predicted octanol–water partition coefficient (Wildman–Crippen LogP) is 4.78. The van der Waals surface area contributed by atoms with Crippen LogP contribution in [0.5, 0.6) is 11.5 Å². The van der Waals surface area contributed by atoms with E-state index in [-0.39, 0.29) is 24.1 Å². The van der Waals surface area contributed by atoms with Crippen molar-refractivity contribution in [2.75, 3.05) is 46.3 Å². The summed E-state index contributed by atoms with van der Waals surface area (Å²) >= 11 is 0. The number of amides is 1. The highest BCUT2D eigenvalue weighted by Crippen LogP contribution is 2.37. The van der Waals surface area contributed by atoms with Crippen LogP contribution >= 0.6 is 0 Å². The molecule has 3 saturated heterocycles. The minimum atomic E-state index is -1.05. The number of amidine groups is 1. The van der Waals surface area contributed by atoms with E-state index >= 15 is 4.39 Å². The number of carbonyl (C=O) groups is 1. The van der Waals surface area contributed by atoms with Gasteiger partial charge in [-0.3, -0.25) is 15.2 Å². The fraction of sp³-hybridized carbons (Fsp3) is 0.528. The van der Waals surface area contributed by atoms with Crippen molar-refractivity contribution >= 4 is 24.0 Å². The van der Waals surface area contributed by atoms with E-state index in [1.807, 2.05) is 92.3 Å². The maximum absolute atomic E-state index is 16.3. The smallest absolute Gasteiger partial charge is 0.410 e. The van der Waals surface area contributed by atoms with Gasteiger partial charge in [0.25, 0.3) is 0 Å². The molecule has 2 aromatic rings. The second-order valence-electron chi connectivity index (χ2n) is 14.6. The first-order chi connectivity index (χ1) is 23.0. The Balaban J connectivity index is 0.957. The molecule has 0 radical (unpaired) electrons. The number of hydrogen-bond acceptors (Lipinski definition) is 9. The number of para-hydroxylation sites is 1. The van der Waals surface area contributed by atoms with Crippen LogP contribution in [0.2, 0.25) is 0 Å². The van der Waals surface area contributed by atoms with Crippen LogP contribution in [0.3, 0.4) is 0 Å². The molecule has 5 heterocycles. The highest BCUT2D eigenvalue weighted by molar-refractivity contribution is 6.09. The van der Waals surface area contributed by atoms with Crippen molar-refractivity contribution in [3.8, 4) is 11.5 Å². The Bertz CT molecular complexity index is 1550. The summed E-state index contributed by atoms with van der Waals surface area (Å²) in [6.45, 7) is 10.2. The predicted molar refractivity (Wildman–Crippen MR) is 184 cm³/mol. The number of piperidine rings is 2. The van der Waals surface area contributed by atoms with Crippen LogP contribution in [-0.2, 0) is 4.74 Å². The number of rotatable bonds is 6. The topological polar surface area (TPSA) is 100.0 Å². The van der Waals surface area contributed by atoms with Crippen molar-refractivity contribution in [3.63, 3.8) is 0 Å². The third-order valence-electron chi connectivity index (χ3n) is 10.1. The third-order valence-corrected chi connectivity index (χ3v) is 10.1. The van der Waals surface area contributed by atoms with Gasteiger partial charge in [0.2, 0.25) is 0 Å². The SMILES string of the molecule is CN1C=NC(=N)C2=C(c3ccc(Oc4ccccc4)cc3)NN([C@@H]3CCN(C4CCN(C5CN(C(=O)OC(C)(C)C)C5)CC4)C[C@H]3F)C21. The summed E-state index contributed by atoms with van der Waals surface area (Å²) in [7, 11) is 1.93. The van der Waals surface area contributed by atoms with Gasteiger partial charge in [-0.25, -0.2) is 14.2 Å². The summed E-state index contributed by atoms with van der Waals surface area (Å²) < 4.78 is 27.8. The van der Waals surface area contributed by atoms with Gasteiger partial charge in [0.15, 0.2) is 5.84 Å². The highest BCUT2D eigenvalue weighted by Gasteiger charge is 2.47. The molecule has 0 spiro atoms. The number of carbonyl (C=O) groups excluding carboxylic acids is 1. The molecule has 3 atom stereocenters. The summed E-state index contributed by atoms with van der Waals surface area (Å²) in [6, 6.07) is 17.8. The number of ether oxygens (including phenoxy) is 2. The van der Waals surface area contributed by atoms with E-state index < -0.39 is 11.8 Å². The number of benzene rings is 2. The van der Waals surface area contributed by atoms with Gasteiger partial charge in [0.1, 0.15) is 29.4 Å². The number of hydrogen-bond donors (Lipinski definition) is 2. The number of fused-ring (bicyclic) bond motifs is 1. The fourth-order valence-corrected chi connectivity index (χ4v) is 7.58. The van der Waals surface area contributed by atoms with Crippen molar-refractivity contribution in [2.24, 2.45) is 4.99 Å². The standard InChI is InChI=1S/C36H47FN8O3/c1-36(2,3)48-35(46)44-20-26(21-44)42-17-14-25(15-18-42)43-19-16-30(29(37)22-43)45-34-31(33(38)39-23-41(34)4)32(40-45)24-10-12-28(13-11-24)47-27-8-6-5-7-9-27/h5-13,23,25-26,29-30,34,38,40H,14-22H2,1-4H3/t29-,30-,34?/m1/s1. The lowest BCUT2D eigenvalue weighted by atomic mass is 9.94. The molecular formula is C36H47FN8O3. The molecule has 11 nitrogen and oxygen atoms in total. The van der Waals surface area contributed by atoms with Gasteiger partial charge in [-0.1, -0.05) is 18.2 Å². The maximum Gasteiger partial charge on any atom is 0.410 e. The van der Waals surface area contributed by atoms with Gasteiger partial charge in [0.05, 0.1) is 23.7 Å². The summed E-state index contributed by atoms with van der Waals surface area (Å²) in [4.78, 5) is 25.3. The van der Waals surface area contributed by atoms with Crippen LogP contribution in [-0.4, -0.2) is 125 Å². The van der Waals surface area contributed by atoms with Crippen molar-refractivity contribution < 1.29 is 18.7 Å². The van der Waals surface area contributed by atoms with E-state index in [1.54, 1.807) is 11.2 Å². The molecule has 3 fully saturated rings. The number of likely N-dealkylation sites (tertiary alicyclic amines) is 3. The quantitative estimate of drug-likeness (QED) is 0.458. The Morgan fingerprint density at radius 2 is 1.58 bits per heavy atom. The molecule has 5 aliphatic heterocycles. The molecular weight excluding hydrogens is 611 g/mol. The lowest BCUT2D eigenvalue weighted by Crippen LogP contribution is -2.64. The van der Waals surface area contributed by atoms with Crippen molar-refractivity contribution in [2.45, 2.75) is 76.1 Å². The molecule has 12 heteroatoms. The van der Waals surface area contributed by atoms with Gasteiger partial charge < -0.3 is 24.7 Å². The van der Waals surface area contributed by atoms with Crippen molar-refractivity contribution in [1.29, 1.82) is 5.41 Å². The Kier molecular flexibility index (Phi) is 8.90. The Morgan fingerprint density at radius 3 is 2.25 bits per heavy atom. The van der Waals surface area contributed by atoms with E-state index in [2.05, 4.69) is 20.2 Å². The second-order valence-corrected chi connectivity index (χ2v) is 14.6. The van der Waals surface area contributed by atoms with Gasteiger partial charge in [0, 0.05) is 58.4 Å². The number of aliphatic imine (C=N–C) groups is 1. The largest absolute Gasteiger partial charge is 0.457 e. The molecule has 2 N–H and O–H groups in total. The van der Waals surface area contributed by atoms with Gasteiger partial charge >= 0.3 is 6.09 Å². The minimum absolute atomic E-state index is 0.188. The zero-order chi connectivity index (χ0) is 33.6. The molecule has 2 aromatic carbocycles. The van der Waals surface area contributed by atoms with E-state index in [9.17, 15) is 4.79 Å². The summed E-state index contributed by atoms with van der Waals surface area (Å²) in [5.74, 6) is 1.67. The molecule has 1 amide bonds. The van der Waals surface area contributed by atoms with Crippen LogP contribution in [0.25, 0.3) is 5.70 Å². The first-order valence-electron chi connectivity index (χ1n) is 17.1. The summed E-state index contributed by atoms with van der Waals surface area (Å²) in [5.41, 5.74) is 5.48. The number of halogens is 1. The zero-order valence-corrected chi connectivity index (χ0v) is 28.3. The number of likely N-dealkylation sites (N-methyl/N-ethyl adjacent to an activating group) is 1. The van der Waals surface area contributed by atoms with Crippen LogP contribution in [0, 0.1) is 5.41 Å². The van der Waals surface area contributed by atoms with Crippen molar-refractivity contribution in [1.82, 2.24) is 30.0 Å². The molecule has 5 aliphatic rings. The normalized spacial score (nSPS) is 26.4. The van der Waals surface area contributed by atoms with Crippen LogP contribution in [0.1, 0.15) is 45.6 Å². The average Bonchev–Trinajstić information content (AvgIpc) is 3.44. The van der Waals surface area contributed by atoms with Crippen LogP contribution in [0.15, 0.2) is 65.2 Å². The fourth-order valence-electron chi connectivity index (χ4n) is 7.58. The van der Waals surface area contributed by atoms with E-state index in [0.717, 1.165) is 55.1 Å². The lowest BCUT2D eigenvalue weighted by molar-refractivity contribution is -0.0433. The number of nitrogens with one attached hydrogen (secondary N) is 2. The molecule has 7 rings (SSSR count).